The monoisotopic (exact) mass is 390 g/mol. The van der Waals surface area contributed by atoms with Gasteiger partial charge in [0.25, 0.3) is 5.56 Å². The van der Waals surface area contributed by atoms with E-state index in [-0.39, 0.29) is 17.1 Å². The van der Waals surface area contributed by atoms with Crippen molar-refractivity contribution in [3.63, 3.8) is 0 Å². The summed E-state index contributed by atoms with van der Waals surface area (Å²) in [5, 5.41) is 0.698. The minimum Gasteiger partial charge on any atom is -0.313 e. The lowest BCUT2D eigenvalue weighted by Gasteiger charge is -2.09. The third-order valence-electron chi connectivity index (χ3n) is 4.58. The topological polar surface area (TPSA) is 61.8 Å². The maximum Gasteiger partial charge on any atom is 0.332 e. The summed E-state index contributed by atoms with van der Waals surface area (Å²) in [4.78, 5) is 29.5. The number of hydrogen-bond donors (Lipinski definition) is 0. The minimum absolute atomic E-state index is 0.269. The fourth-order valence-corrected chi connectivity index (χ4v) is 3.97. The Morgan fingerprint density at radius 1 is 1.07 bits per heavy atom. The molecule has 8 heteroatoms. The molecule has 6 nitrogen and oxygen atoms in total. The van der Waals surface area contributed by atoms with Gasteiger partial charge < -0.3 is 4.57 Å². The maximum atomic E-state index is 13.1. The summed E-state index contributed by atoms with van der Waals surface area (Å²) in [7, 11) is 3.11. The lowest BCUT2D eigenvalue weighted by molar-refractivity contribution is 0.576. The molecular weight excluding hydrogens is 367 g/mol. The summed E-state index contributed by atoms with van der Waals surface area (Å²) >= 11 is 1.48. The second-order valence-corrected chi connectivity index (χ2v) is 7.49. The van der Waals surface area contributed by atoms with Gasteiger partial charge in [-0.15, -0.1) is 0 Å². The first-order valence-corrected chi connectivity index (χ1v) is 9.96. The fourth-order valence-electron chi connectivity index (χ4n) is 2.99. The Labute approximate surface area is 160 Å². The predicted molar refractivity (Wildman–Crippen MR) is 106 cm³/mol. The quantitative estimate of drug-likeness (QED) is 0.460. The fraction of sp³-hybridized carbons (Fsp3) is 0.421. The SMILES string of the molecule is CCCCCn1c(SCc2ccc(F)cc2)nc2c1c(=O)n(C)c(=O)n2C. The Morgan fingerprint density at radius 2 is 1.78 bits per heavy atom. The highest BCUT2D eigenvalue weighted by molar-refractivity contribution is 7.98. The second-order valence-electron chi connectivity index (χ2n) is 6.55. The van der Waals surface area contributed by atoms with Crippen LogP contribution >= 0.6 is 11.8 Å². The summed E-state index contributed by atoms with van der Waals surface area (Å²) in [5.74, 6) is 0.333. The van der Waals surface area contributed by atoms with Crippen molar-refractivity contribution in [2.45, 2.75) is 43.6 Å². The molecule has 0 amide bonds. The van der Waals surface area contributed by atoms with Crippen molar-refractivity contribution in [3.8, 4) is 0 Å². The molecule has 2 heterocycles. The first-order chi connectivity index (χ1) is 12.9. The van der Waals surface area contributed by atoms with Crippen LogP contribution in [0.25, 0.3) is 11.2 Å². The molecule has 2 aromatic heterocycles. The zero-order valence-corrected chi connectivity index (χ0v) is 16.6. The van der Waals surface area contributed by atoms with E-state index < -0.39 is 0 Å². The van der Waals surface area contributed by atoms with Crippen molar-refractivity contribution in [1.29, 1.82) is 0 Å². The number of hydrogen-bond acceptors (Lipinski definition) is 4. The van der Waals surface area contributed by atoms with Gasteiger partial charge in [-0.2, -0.15) is 0 Å². The van der Waals surface area contributed by atoms with Crippen molar-refractivity contribution in [2.75, 3.05) is 0 Å². The van der Waals surface area contributed by atoms with Gasteiger partial charge in [0.1, 0.15) is 5.82 Å². The maximum absolute atomic E-state index is 13.1. The first-order valence-electron chi connectivity index (χ1n) is 8.97. The van der Waals surface area contributed by atoms with Gasteiger partial charge in [0.05, 0.1) is 0 Å². The molecule has 0 saturated heterocycles. The molecule has 0 fully saturated rings. The normalized spacial score (nSPS) is 11.4. The molecule has 3 aromatic rings. The molecule has 0 spiro atoms. The molecular formula is C19H23FN4O2S. The van der Waals surface area contributed by atoms with Crippen LogP contribution < -0.4 is 11.2 Å². The highest BCUT2D eigenvalue weighted by atomic mass is 32.2. The van der Waals surface area contributed by atoms with Crippen LogP contribution in [0.5, 0.6) is 0 Å². The number of imidazole rings is 1. The first kappa shape index (κ1) is 19.4. The predicted octanol–water partition coefficient (Wildman–Crippen LogP) is 3.06. The van der Waals surface area contributed by atoms with Gasteiger partial charge in [-0.05, 0) is 24.1 Å². The Morgan fingerprint density at radius 3 is 2.44 bits per heavy atom. The zero-order valence-electron chi connectivity index (χ0n) is 15.7. The second kappa shape index (κ2) is 8.12. The van der Waals surface area contributed by atoms with Crippen LogP contribution in [-0.4, -0.2) is 18.7 Å². The molecule has 0 radical (unpaired) electrons. The summed E-state index contributed by atoms with van der Waals surface area (Å²) in [6, 6.07) is 6.33. The van der Waals surface area contributed by atoms with E-state index >= 15 is 0 Å². The molecule has 27 heavy (non-hydrogen) atoms. The number of rotatable bonds is 7. The number of fused-ring (bicyclic) bond motifs is 1. The van der Waals surface area contributed by atoms with E-state index in [1.165, 1.54) is 35.5 Å². The van der Waals surface area contributed by atoms with Gasteiger partial charge in [0.2, 0.25) is 0 Å². The Balaban J connectivity index is 2.04. The Kier molecular flexibility index (Phi) is 5.84. The lowest BCUT2D eigenvalue weighted by Crippen LogP contribution is -2.37. The van der Waals surface area contributed by atoms with Crippen molar-refractivity contribution in [3.05, 3.63) is 56.5 Å². The van der Waals surface area contributed by atoms with Crippen LogP contribution in [0.3, 0.4) is 0 Å². The largest absolute Gasteiger partial charge is 0.332 e. The van der Waals surface area contributed by atoms with Crippen LogP contribution in [0, 0.1) is 5.82 Å². The van der Waals surface area contributed by atoms with E-state index in [9.17, 15) is 14.0 Å². The van der Waals surface area contributed by atoms with Gasteiger partial charge in [-0.3, -0.25) is 13.9 Å². The summed E-state index contributed by atoms with van der Waals surface area (Å²) in [6.07, 6.45) is 3.05. The van der Waals surface area contributed by atoms with E-state index in [1.54, 1.807) is 19.2 Å². The molecule has 0 atom stereocenters. The number of aryl methyl sites for hydroxylation is 2. The number of unbranched alkanes of at least 4 members (excludes halogenated alkanes) is 2. The van der Waals surface area contributed by atoms with E-state index in [4.69, 9.17) is 0 Å². The van der Waals surface area contributed by atoms with Crippen LogP contribution in [0.4, 0.5) is 4.39 Å². The van der Waals surface area contributed by atoms with Gasteiger partial charge in [0.15, 0.2) is 16.3 Å². The highest BCUT2D eigenvalue weighted by Crippen LogP contribution is 2.25. The average molecular weight is 390 g/mol. The molecule has 0 aliphatic carbocycles. The smallest absolute Gasteiger partial charge is 0.313 e. The molecule has 0 aliphatic heterocycles. The standard InChI is InChI=1S/C19H23FN4O2S/c1-4-5-6-11-24-15-16(22(2)19(26)23(3)17(15)25)21-18(24)27-12-13-7-9-14(20)10-8-13/h7-10H,4-6,11-12H2,1-3H3. The number of nitrogens with zero attached hydrogens (tertiary/aromatic N) is 4. The van der Waals surface area contributed by atoms with Gasteiger partial charge in [0, 0.05) is 26.4 Å². The molecule has 1 aromatic carbocycles. The number of benzene rings is 1. The molecule has 144 valence electrons. The molecule has 0 aliphatic rings. The van der Waals surface area contributed by atoms with Crippen molar-refractivity contribution in [2.24, 2.45) is 14.1 Å². The van der Waals surface area contributed by atoms with Crippen molar-refractivity contribution < 1.29 is 4.39 Å². The van der Waals surface area contributed by atoms with Crippen LogP contribution in [-0.2, 0) is 26.4 Å². The zero-order chi connectivity index (χ0) is 19.6. The summed E-state index contributed by atoms with van der Waals surface area (Å²) in [6.45, 7) is 2.79. The number of thioether (sulfide) groups is 1. The van der Waals surface area contributed by atoms with Gasteiger partial charge >= 0.3 is 5.69 Å². The molecule has 0 saturated carbocycles. The third-order valence-corrected chi connectivity index (χ3v) is 5.63. The number of aromatic nitrogens is 4. The van der Waals surface area contributed by atoms with E-state index in [1.807, 2.05) is 4.57 Å². The average Bonchev–Trinajstić information content (AvgIpc) is 3.03. The molecule has 0 bridgehead atoms. The lowest BCUT2D eigenvalue weighted by atomic mass is 10.2. The van der Waals surface area contributed by atoms with Gasteiger partial charge in [-0.1, -0.05) is 43.7 Å². The van der Waals surface area contributed by atoms with E-state index in [0.717, 1.165) is 29.4 Å². The van der Waals surface area contributed by atoms with Crippen molar-refractivity contribution in [1.82, 2.24) is 18.7 Å². The molecule has 0 N–H and O–H groups in total. The van der Waals surface area contributed by atoms with Crippen LogP contribution in [0.2, 0.25) is 0 Å². The molecule has 3 rings (SSSR count). The summed E-state index contributed by atoms with van der Waals surface area (Å²) in [5.41, 5.74) is 1.11. The third kappa shape index (κ3) is 3.85. The Hall–Kier alpha value is -2.35. The minimum atomic E-state index is -0.388. The van der Waals surface area contributed by atoms with Crippen molar-refractivity contribution >= 4 is 22.9 Å². The summed E-state index contributed by atoms with van der Waals surface area (Å²) < 4.78 is 17.5. The van der Waals surface area contributed by atoms with Gasteiger partial charge in [-0.25, -0.2) is 14.2 Å². The van der Waals surface area contributed by atoms with E-state index in [0.29, 0.717) is 28.6 Å². The van der Waals surface area contributed by atoms with E-state index in [2.05, 4.69) is 11.9 Å². The van der Waals surface area contributed by atoms with Crippen LogP contribution in [0.1, 0.15) is 31.7 Å². The van der Waals surface area contributed by atoms with Crippen LogP contribution in [0.15, 0.2) is 39.0 Å². The number of halogens is 1. The molecule has 0 unspecified atom stereocenters. The highest BCUT2D eigenvalue weighted by Gasteiger charge is 2.19. The Bertz CT molecular complexity index is 1070.